The van der Waals surface area contributed by atoms with Gasteiger partial charge in [-0.2, -0.15) is 5.10 Å². The van der Waals surface area contributed by atoms with Crippen LogP contribution in [-0.2, 0) is 25.3 Å². The quantitative estimate of drug-likeness (QED) is 0.519. The summed E-state index contributed by atoms with van der Waals surface area (Å²) < 4.78 is 8.64. The Balaban J connectivity index is 1.70. The van der Waals surface area contributed by atoms with Crippen LogP contribution in [0.5, 0.6) is 5.75 Å². The van der Waals surface area contributed by atoms with Gasteiger partial charge in [-0.3, -0.25) is 9.59 Å². The molecule has 4 rings (SSSR count). The number of methoxy groups -OCH3 is 1. The van der Waals surface area contributed by atoms with Crippen LogP contribution in [0, 0.1) is 0 Å². The molecule has 2 aromatic carbocycles. The van der Waals surface area contributed by atoms with Gasteiger partial charge in [-0.1, -0.05) is 36.4 Å². The van der Waals surface area contributed by atoms with Crippen molar-refractivity contribution in [1.82, 2.24) is 24.6 Å². The largest absolute Gasteiger partial charge is 0.496 e. The van der Waals surface area contributed by atoms with Crippen molar-refractivity contribution in [2.45, 2.75) is 12.5 Å². The first-order chi connectivity index (χ1) is 15.0. The number of carbonyl (C=O) groups is 1. The first kappa shape index (κ1) is 20.3. The van der Waals surface area contributed by atoms with Crippen molar-refractivity contribution in [2.24, 2.45) is 14.1 Å². The standard InChI is InChI=1S/C23H23N5O3/c1-27-13-12-24-22(27)21(17-10-6-7-11-19(17)31-3)25-20(29)14-18-15-8-4-5-9-16(15)23(30)28(2)26-18/h4-13,21H,14H2,1-3H3,(H,25,29)/t21-/m0/s1. The molecule has 0 spiro atoms. The summed E-state index contributed by atoms with van der Waals surface area (Å²) >= 11 is 0. The SMILES string of the molecule is COc1ccccc1[C@H](NC(=O)Cc1nn(C)c(=O)c2ccccc12)c1nccn1C. The minimum atomic E-state index is -0.512. The minimum Gasteiger partial charge on any atom is -0.496 e. The van der Waals surface area contributed by atoms with Gasteiger partial charge < -0.3 is 14.6 Å². The predicted molar refractivity (Wildman–Crippen MR) is 117 cm³/mol. The molecule has 4 aromatic rings. The Hall–Kier alpha value is -3.94. The molecule has 2 heterocycles. The second kappa shape index (κ2) is 8.43. The Bertz CT molecular complexity index is 1310. The highest BCUT2D eigenvalue weighted by atomic mass is 16.5. The van der Waals surface area contributed by atoms with Crippen molar-refractivity contribution < 1.29 is 9.53 Å². The van der Waals surface area contributed by atoms with E-state index in [9.17, 15) is 9.59 Å². The summed E-state index contributed by atoms with van der Waals surface area (Å²) in [5, 5.41) is 8.61. The summed E-state index contributed by atoms with van der Waals surface area (Å²) in [6.07, 6.45) is 3.53. The lowest BCUT2D eigenvalue weighted by molar-refractivity contribution is -0.121. The Morgan fingerprint density at radius 1 is 1.10 bits per heavy atom. The first-order valence-electron chi connectivity index (χ1n) is 9.84. The third-order valence-corrected chi connectivity index (χ3v) is 5.23. The number of fused-ring (bicyclic) bond motifs is 1. The Kier molecular flexibility index (Phi) is 5.53. The molecule has 0 saturated carbocycles. The van der Waals surface area contributed by atoms with Gasteiger partial charge in [0.25, 0.3) is 5.56 Å². The van der Waals surface area contributed by atoms with E-state index in [-0.39, 0.29) is 17.9 Å². The monoisotopic (exact) mass is 417 g/mol. The summed E-state index contributed by atoms with van der Waals surface area (Å²) in [5.41, 5.74) is 1.14. The maximum absolute atomic E-state index is 13.1. The fraction of sp³-hybridized carbons (Fsp3) is 0.217. The number of nitrogens with one attached hydrogen (secondary N) is 1. The number of ether oxygens (including phenoxy) is 1. The summed E-state index contributed by atoms with van der Waals surface area (Å²) in [7, 11) is 5.05. The van der Waals surface area contributed by atoms with Crippen LogP contribution in [0.4, 0.5) is 0 Å². The van der Waals surface area contributed by atoms with Crippen LogP contribution < -0.4 is 15.6 Å². The van der Waals surface area contributed by atoms with Crippen LogP contribution in [0.25, 0.3) is 10.8 Å². The Labute approximate surface area is 179 Å². The Morgan fingerprint density at radius 3 is 2.52 bits per heavy atom. The normalized spacial score (nSPS) is 12.0. The molecule has 31 heavy (non-hydrogen) atoms. The molecule has 2 aromatic heterocycles. The van der Waals surface area contributed by atoms with Crippen LogP contribution in [-0.4, -0.2) is 32.3 Å². The number of aromatic nitrogens is 4. The summed E-state index contributed by atoms with van der Waals surface area (Å²) in [5.74, 6) is 1.09. The van der Waals surface area contributed by atoms with E-state index < -0.39 is 6.04 Å². The van der Waals surface area contributed by atoms with Crippen LogP contribution in [0.2, 0.25) is 0 Å². The zero-order chi connectivity index (χ0) is 22.0. The molecule has 1 N–H and O–H groups in total. The third kappa shape index (κ3) is 3.92. The van der Waals surface area contributed by atoms with Gasteiger partial charge in [0.05, 0.1) is 24.6 Å². The highest BCUT2D eigenvalue weighted by molar-refractivity contribution is 5.88. The highest BCUT2D eigenvalue weighted by Crippen LogP contribution is 2.29. The average Bonchev–Trinajstić information content (AvgIpc) is 3.21. The maximum atomic E-state index is 13.1. The molecule has 8 heteroatoms. The van der Waals surface area contributed by atoms with E-state index in [1.54, 1.807) is 32.5 Å². The maximum Gasteiger partial charge on any atom is 0.274 e. The molecule has 1 atom stereocenters. The Morgan fingerprint density at radius 2 is 1.81 bits per heavy atom. The van der Waals surface area contributed by atoms with E-state index in [1.807, 2.05) is 54.2 Å². The molecule has 1 amide bonds. The number of hydrogen-bond donors (Lipinski definition) is 1. The number of nitrogens with zero attached hydrogens (tertiary/aromatic N) is 4. The smallest absolute Gasteiger partial charge is 0.274 e. The molecule has 0 aliphatic rings. The van der Waals surface area contributed by atoms with E-state index in [4.69, 9.17) is 4.74 Å². The van der Waals surface area contributed by atoms with Crippen molar-refractivity contribution in [3.8, 4) is 5.75 Å². The number of aryl methyl sites for hydroxylation is 2. The van der Waals surface area contributed by atoms with Crippen LogP contribution in [0.1, 0.15) is 23.1 Å². The van der Waals surface area contributed by atoms with Gasteiger partial charge in [0, 0.05) is 37.4 Å². The number of carbonyl (C=O) groups excluding carboxylic acids is 1. The highest BCUT2D eigenvalue weighted by Gasteiger charge is 2.24. The van der Waals surface area contributed by atoms with Gasteiger partial charge in [0.1, 0.15) is 17.6 Å². The topological polar surface area (TPSA) is 91.0 Å². The van der Waals surface area contributed by atoms with Crippen molar-refractivity contribution in [2.75, 3.05) is 7.11 Å². The molecule has 0 saturated heterocycles. The third-order valence-electron chi connectivity index (χ3n) is 5.23. The average molecular weight is 417 g/mol. The second-order valence-corrected chi connectivity index (χ2v) is 7.24. The molecular formula is C23H23N5O3. The molecule has 0 aliphatic heterocycles. The summed E-state index contributed by atoms with van der Waals surface area (Å²) in [6, 6.07) is 14.2. The summed E-state index contributed by atoms with van der Waals surface area (Å²) in [6.45, 7) is 0. The van der Waals surface area contributed by atoms with Gasteiger partial charge in [-0.15, -0.1) is 0 Å². The molecular weight excluding hydrogens is 394 g/mol. The van der Waals surface area contributed by atoms with Crippen molar-refractivity contribution in [1.29, 1.82) is 0 Å². The predicted octanol–water partition coefficient (Wildman–Crippen LogP) is 2.12. The number of hydrogen-bond acceptors (Lipinski definition) is 5. The van der Waals surface area contributed by atoms with Crippen LogP contribution >= 0.6 is 0 Å². The minimum absolute atomic E-state index is 0.0186. The van der Waals surface area contributed by atoms with E-state index in [1.165, 1.54) is 4.68 Å². The first-order valence-corrected chi connectivity index (χ1v) is 9.84. The van der Waals surface area contributed by atoms with Gasteiger partial charge in [-0.05, 0) is 12.1 Å². The number of amides is 1. The molecule has 0 radical (unpaired) electrons. The fourth-order valence-electron chi connectivity index (χ4n) is 3.71. The van der Waals surface area contributed by atoms with E-state index >= 15 is 0 Å². The zero-order valence-corrected chi connectivity index (χ0v) is 17.6. The fourth-order valence-corrected chi connectivity index (χ4v) is 3.71. The van der Waals surface area contributed by atoms with E-state index in [0.717, 1.165) is 5.56 Å². The van der Waals surface area contributed by atoms with Gasteiger partial charge >= 0.3 is 0 Å². The number of para-hydroxylation sites is 1. The summed E-state index contributed by atoms with van der Waals surface area (Å²) in [4.78, 5) is 29.9. The number of benzene rings is 2. The van der Waals surface area contributed by atoms with Gasteiger partial charge in [0.2, 0.25) is 5.91 Å². The van der Waals surface area contributed by atoms with E-state index in [2.05, 4.69) is 15.4 Å². The molecule has 0 fully saturated rings. The lowest BCUT2D eigenvalue weighted by Gasteiger charge is -2.21. The molecule has 0 bridgehead atoms. The zero-order valence-electron chi connectivity index (χ0n) is 17.6. The molecule has 158 valence electrons. The lowest BCUT2D eigenvalue weighted by Crippen LogP contribution is -2.33. The second-order valence-electron chi connectivity index (χ2n) is 7.24. The van der Waals surface area contributed by atoms with Crippen LogP contribution in [0.15, 0.2) is 65.7 Å². The molecule has 0 aliphatic carbocycles. The van der Waals surface area contributed by atoms with E-state index in [0.29, 0.717) is 28.0 Å². The van der Waals surface area contributed by atoms with Crippen LogP contribution in [0.3, 0.4) is 0 Å². The number of rotatable bonds is 6. The van der Waals surface area contributed by atoms with Gasteiger partial charge in [0.15, 0.2) is 0 Å². The number of imidazole rings is 1. The lowest BCUT2D eigenvalue weighted by atomic mass is 10.0. The molecule has 0 unspecified atom stereocenters. The van der Waals surface area contributed by atoms with Gasteiger partial charge in [-0.25, -0.2) is 9.67 Å². The molecule has 8 nitrogen and oxygen atoms in total. The van der Waals surface area contributed by atoms with Crippen molar-refractivity contribution in [3.05, 3.63) is 88.4 Å². The van der Waals surface area contributed by atoms with Crippen molar-refractivity contribution >= 4 is 16.7 Å². The van der Waals surface area contributed by atoms with Crippen molar-refractivity contribution in [3.63, 3.8) is 0 Å².